The maximum atomic E-state index is 12.2. The summed E-state index contributed by atoms with van der Waals surface area (Å²) in [5, 5.41) is 11.1. The first kappa shape index (κ1) is 16.5. The van der Waals surface area contributed by atoms with Crippen molar-refractivity contribution in [1.29, 1.82) is 0 Å². The van der Waals surface area contributed by atoms with Crippen LogP contribution in [0.1, 0.15) is 6.42 Å². The molecule has 1 amide bonds. The molecule has 0 radical (unpaired) electrons. The predicted octanol–water partition coefficient (Wildman–Crippen LogP) is 2.44. The van der Waals surface area contributed by atoms with E-state index < -0.39 is 36.5 Å². The highest BCUT2D eigenvalue weighted by Gasteiger charge is 2.48. The first-order chi connectivity index (χ1) is 10.2. The maximum absolute atomic E-state index is 12.2. The molecule has 1 aliphatic rings. The van der Waals surface area contributed by atoms with E-state index in [0.29, 0.717) is 4.47 Å². The molecule has 22 heavy (non-hydrogen) atoms. The second kappa shape index (κ2) is 6.11. The van der Waals surface area contributed by atoms with Gasteiger partial charge < -0.3 is 15.2 Å². The summed E-state index contributed by atoms with van der Waals surface area (Å²) in [5.41, 5.74) is -0.0559. The molecule has 2 N–H and O–H groups in total. The van der Waals surface area contributed by atoms with Gasteiger partial charge >= 0.3 is 12.1 Å². The normalized spacial score (nSPS) is 20.4. The van der Waals surface area contributed by atoms with Gasteiger partial charge in [-0.2, -0.15) is 13.2 Å². The molecule has 10 heteroatoms. The second-order valence-corrected chi connectivity index (χ2v) is 5.60. The summed E-state index contributed by atoms with van der Waals surface area (Å²) in [4.78, 5) is 26.2. The molecule has 6 nitrogen and oxygen atoms in total. The quantitative estimate of drug-likeness (QED) is 0.816. The topological polar surface area (TPSA) is 88.5 Å². The average Bonchev–Trinajstić information content (AvgIpc) is 3.17. The molecule has 2 atom stereocenters. The Morgan fingerprint density at radius 2 is 2.14 bits per heavy atom. The predicted molar refractivity (Wildman–Crippen MR) is 71.3 cm³/mol. The van der Waals surface area contributed by atoms with Crippen molar-refractivity contribution in [3.8, 4) is 5.88 Å². The molecule has 0 saturated heterocycles. The molecule has 0 aliphatic heterocycles. The van der Waals surface area contributed by atoms with Crippen molar-refractivity contribution < 1.29 is 32.6 Å². The van der Waals surface area contributed by atoms with Crippen LogP contribution in [0, 0.1) is 11.8 Å². The van der Waals surface area contributed by atoms with Crippen LogP contribution in [-0.4, -0.2) is 34.8 Å². The number of pyridine rings is 1. The minimum Gasteiger partial charge on any atom is -0.481 e. The smallest absolute Gasteiger partial charge is 0.422 e. The van der Waals surface area contributed by atoms with Crippen molar-refractivity contribution in [3.05, 3.63) is 16.7 Å². The van der Waals surface area contributed by atoms with Crippen molar-refractivity contribution in [2.75, 3.05) is 11.9 Å². The van der Waals surface area contributed by atoms with Crippen molar-refractivity contribution in [2.24, 2.45) is 11.8 Å². The number of halogens is 4. The number of ether oxygens (including phenoxy) is 1. The lowest BCUT2D eigenvalue weighted by Crippen LogP contribution is -2.21. The number of amides is 1. The van der Waals surface area contributed by atoms with Crippen LogP contribution >= 0.6 is 15.9 Å². The molecule has 1 heterocycles. The highest BCUT2D eigenvalue weighted by atomic mass is 79.9. The fourth-order valence-electron chi connectivity index (χ4n) is 1.76. The lowest BCUT2D eigenvalue weighted by atomic mass is 10.3. The van der Waals surface area contributed by atoms with E-state index >= 15 is 0 Å². The van der Waals surface area contributed by atoms with Gasteiger partial charge in [-0.25, -0.2) is 4.98 Å². The van der Waals surface area contributed by atoms with E-state index in [2.05, 4.69) is 31.0 Å². The van der Waals surface area contributed by atoms with Crippen LogP contribution in [0.15, 0.2) is 16.7 Å². The van der Waals surface area contributed by atoms with E-state index in [4.69, 9.17) is 5.11 Å². The number of alkyl halides is 3. The molecule has 0 aromatic carbocycles. The van der Waals surface area contributed by atoms with Crippen LogP contribution in [0.3, 0.4) is 0 Å². The molecule has 1 aromatic rings. The van der Waals surface area contributed by atoms with E-state index in [0.717, 1.165) is 0 Å². The van der Waals surface area contributed by atoms with Gasteiger partial charge in [0.05, 0.1) is 11.8 Å². The van der Waals surface area contributed by atoms with E-state index in [-0.39, 0.29) is 18.0 Å². The number of aliphatic carboxylic acids is 1. The summed E-state index contributed by atoms with van der Waals surface area (Å²) < 4.78 is 41.5. The van der Waals surface area contributed by atoms with E-state index in [9.17, 15) is 22.8 Å². The number of nitrogens with one attached hydrogen (secondary N) is 1. The summed E-state index contributed by atoms with van der Waals surface area (Å²) >= 11 is 3.08. The minimum absolute atomic E-state index is 0.0559. The molecule has 1 aliphatic carbocycles. The Bertz CT molecular complexity index is 609. The summed E-state index contributed by atoms with van der Waals surface area (Å²) in [6, 6.07) is 1.33. The summed E-state index contributed by atoms with van der Waals surface area (Å²) in [6.45, 7) is -1.55. The number of aromatic nitrogens is 1. The van der Waals surface area contributed by atoms with E-state index in [1.165, 1.54) is 12.3 Å². The minimum atomic E-state index is -4.54. The second-order valence-electron chi connectivity index (χ2n) is 4.69. The Morgan fingerprint density at radius 3 is 2.68 bits per heavy atom. The van der Waals surface area contributed by atoms with Crippen LogP contribution in [0.25, 0.3) is 0 Å². The van der Waals surface area contributed by atoms with Crippen LogP contribution < -0.4 is 10.1 Å². The van der Waals surface area contributed by atoms with Crippen molar-refractivity contribution >= 4 is 33.5 Å². The third-order valence-electron chi connectivity index (χ3n) is 2.89. The van der Waals surface area contributed by atoms with Gasteiger partial charge in [-0.3, -0.25) is 9.59 Å². The number of anilines is 1. The lowest BCUT2D eigenvalue weighted by Gasteiger charge is -2.13. The number of carbonyl (C=O) groups excluding carboxylic acids is 1. The van der Waals surface area contributed by atoms with Gasteiger partial charge in [-0.05, 0) is 28.4 Å². The number of hydrogen-bond acceptors (Lipinski definition) is 4. The molecular weight excluding hydrogens is 373 g/mol. The monoisotopic (exact) mass is 382 g/mol. The van der Waals surface area contributed by atoms with Crippen molar-refractivity contribution in [2.45, 2.75) is 12.6 Å². The zero-order chi connectivity index (χ0) is 16.5. The molecule has 2 rings (SSSR count). The van der Waals surface area contributed by atoms with Gasteiger partial charge in [0, 0.05) is 10.7 Å². The number of carbonyl (C=O) groups is 2. The van der Waals surface area contributed by atoms with Crippen LogP contribution in [0.2, 0.25) is 0 Å². The Kier molecular flexibility index (Phi) is 4.59. The standard InChI is InChI=1S/C12H10BrF3N2O4/c13-5-1-8(10(17-3-5)22-4-12(14,15)16)18-9(19)6-2-7(6)11(20)21/h1,3,6-7H,2,4H2,(H,18,19)(H,20,21). The zero-order valence-electron chi connectivity index (χ0n) is 10.9. The number of carboxylic acid groups (broad SMARTS) is 1. The van der Waals surface area contributed by atoms with Crippen LogP contribution in [0.5, 0.6) is 5.88 Å². The number of nitrogens with zero attached hydrogens (tertiary/aromatic N) is 1. The molecule has 120 valence electrons. The van der Waals surface area contributed by atoms with E-state index in [1.807, 2.05) is 0 Å². The fraction of sp³-hybridized carbons (Fsp3) is 0.417. The third kappa shape index (κ3) is 4.33. The van der Waals surface area contributed by atoms with Crippen molar-refractivity contribution in [3.63, 3.8) is 0 Å². The van der Waals surface area contributed by atoms with Crippen LogP contribution in [-0.2, 0) is 9.59 Å². The van der Waals surface area contributed by atoms with Gasteiger partial charge in [0.15, 0.2) is 6.61 Å². The van der Waals surface area contributed by atoms with Gasteiger partial charge in [-0.1, -0.05) is 0 Å². The molecular formula is C12H10BrF3N2O4. The lowest BCUT2D eigenvalue weighted by molar-refractivity contribution is -0.154. The third-order valence-corrected chi connectivity index (χ3v) is 3.33. The zero-order valence-corrected chi connectivity index (χ0v) is 12.4. The SMILES string of the molecule is O=C(O)C1CC1C(=O)Nc1cc(Br)cnc1OCC(F)(F)F. The van der Waals surface area contributed by atoms with Gasteiger partial charge in [0.2, 0.25) is 11.8 Å². The Hall–Kier alpha value is -1.84. The highest BCUT2D eigenvalue weighted by Crippen LogP contribution is 2.40. The van der Waals surface area contributed by atoms with E-state index in [1.54, 1.807) is 0 Å². The largest absolute Gasteiger partial charge is 0.481 e. The molecule has 2 unspecified atom stereocenters. The first-order valence-electron chi connectivity index (χ1n) is 6.06. The molecule has 1 fully saturated rings. The summed E-state index contributed by atoms with van der Waals surface area (Å²) in [5.74, 6) is -3.53. The maximum Gasteiger partial charge on any atom is 0.422 e. The van der Waals surface area contributed by atoms with Crippen molar-refractivity contribution in [1.82, 2.24) is 4.98 Å². The number of rotatable bonds is 5. The average molecular weight is 383 g/mol. The Morgan fingerprint density at radius 1 is 1.45 bits per heavy atom. The van der Waals surface area contributed by atoms with Gasteiger partial charge in [0.1, 0.15) is 5.69 Å². The first-order valence-corrected chi connectivity index (χ1v) is 6.85. The van der Waals surface area contributed by atoms with Gasteiger partial charge in [-0.15, -0.1) is 0 Å². The summed E-state index contributed by atoms with van der Waals surface area (Å²) in [6.07, 6.45) is -3.12. The Balaban J connectivity index is 2.07. The summed E-state index contributed by atoms with van der Waals surface area (Å²) in [7, 11) is 0. The molecule has 0 spiro atoms. The van der Waals surface area contributed by atoms with Crippen LogP contribution in [0.4, 0.5) is 18.9 Å². The number of carboxylic acids is 1. The fourth-order valence-corrected chi connectivity index (χ4v) is 2.10. The highest BCUT2D eigenvalue weighted by molar-refractivity contribution is 9.10. The molecule has 0 bridgehead atoms. The molecule has 1 saturated carbocycles. The number of hydrogen-bond donors (Lipinski definition) is 2. The Labute approximate surface area is 130 Å². The van der Waals surface area contributed by atoms with Gasteiger partial charge in [0.25, 0.3) is 0 Å². The molecule has 1 aromatic heterocycles.